The van der Waals surface area contributed by atoms with Crippen LogP contribution in [0.15, 0.2) is 95.9 Å². The summed E-state index contributed by atoms with van der Waals surface area (Å²) >= 11 is 0. The Morgan fingerprint density at radius 1 is 0.792 bits per heavy atom. The Kier molecular flexibility index (Phi) is 13.6. The van der Waals surface area contributed by atoms with Gasteiger partial charge in [-0.25, -0.2) is 18.0 Å². The van der Waals surface area contributed by atoms with Crippen LogP contribution in [0.5, 0.6) is 0 Å². The van der Waals surface area contributed by atoms with Gasteiger partial charge >= 0.3 is 12.2 Å². The van der Waals surface area contributed by atoms with Crippen LogP contribution in [0.25, 0.3) is 0 Å². The first kappa shape index (κ1) is 38.6. The monoisotopic (exact) mass is 680 g/mol. The first-order valence-corrected chi connectivity index (χ1v) is 18.1. The zero-order valence-corrected chi connectivity index (χ0v) is 30.1. The second kappa shape index (κ2) is 17.0. The molecule has 0 aliphatic rings. The highest BCUT2D eigenvalue weighted by Gasteiger charge is 2.47. The summed E-state index contributed by atoms with van der Waals surface area (Å²) in [6.07, 6.45) is -0.344. The molecule has 0 aliphatic heterocycles. The standard InChI is InChI=1S/C38H52N2O7S/c1-8-18-33(40(36(43)47-38(5,6)7)26-29-21-14-10-15-22-29)31(27-41)34(48(44,45)30-23-16-11-17-24-30)32(25-28-19-12-9-13-20-28)39-35(42)46-37(2,3)4/h9-17,19-24,31-34,41H,8,18,25-27H2,1-7H3,(H,39,42)/t31?,32-,33-,34-/m0/s1. The van der Waals surface area contributed by atoms with Crippen molar-refractivity contribution in [1.29, 1.82) is 0 Å². The minimum absolute atomic E-state index is 0.0413. The van der Waals surface area contributed by atoms with Gasteiger partial charge in [-0.2, -0.15) is 0 Å². The van der Waals surface area contributed by atoms with Gasteiger partial charge in [0, 0.05) is 25.1 Å². The lowest BCUT2D eigenvalue weighted by atomic mass is 9.86. The number of alkyl carbamates (subject to hydrolysis) is 1. The number of carbonyl (C=O) groups is 2. The maximum absolute atomic E-state index is 14.9. The second-order valence-electron chi connectivity index (χ2n) is 14.1. The molecule has 0 aromatic heterocycles. The highest BCUT2D eigenvalue weighted by molar-refractivity contribution is 7.92. The summed E-state index contributed by atoms with van der Waals surface area (Å²) in [7, 11) is -4.26. The van der Waals surface area contributed by atoms with Crippen LogP contribution in [-0.2, 0) is 32.3 Å². The summed E-state index contributed by atoms with van der Waals surface area (Å²) in [4.78, 5) is 29.0. The zero-order valence-electron chi connectivity index (χ0n) is 29.3. The van der Waals surface area contributed by atoms with Crippen molar-refractivity contribution < 1.29 is 32.6 Å². The number of amides is 2. The quantitative estimate of drug-likeness (QED) is 0.185. The van der Waals surface area contributed by atoms with Crippen molar-refractivity contribution in [3.05, 3.63) is 102 Å². The molecule has 0 spiro atoms. The molecule has 48 heavy (non-hydrogen) atoms. The summed E-state index contributed by atoms with van der Waals surface area (Å²) in [6, 6.07) is 24.8. The maximum atomic E-state index is 14.9. The minimum Gasteiger partial charge on any atom is -0.444 e. The van der Waals surface area contributed by atoms with Crippen molar-refractivity contribution in [3.63, 3.8) is 0 Å². The molecule has 3 rings (SSSR count). The van der Waals surface area contributed by atoms with Crippen LogP contribution in [0.1, 0.15) is 72.4 Å². The van der Waals surface area contributed by atoms with E-state index in [0.29, 0.717) is 12.8 Å². The van der Waals surface area contributed by atoms with E-state index in [1.165, 1.54) is 17.0 Å². The topological polar surface area (TPSA) is 122 Å². The zero-order chi connectivity index (χ0) is 35.5. The number of nitrogens with zero attached hydrogens (tertiary/aromatic N) is 1. The normalized spacial score (nSPS) is 14.7. The Hall–Kier alpha value is -3.89. The molecule has 3 aromatic rings. The molecule has 0 bridgehead atoms. The summed E-state index contributed by atoms with van der Waals surface area (Å²) in [5, 5.41) is 12.8. The van der Waals surface area contributed by atoms with Crippen LogP contribution in [-0.4, -0.2) is 65.8 Å². The molecular weight excluding hydrogens is 628 g/mol. The van der Waals surface area contributed by atoms with Crippen molar-refractivity contribution in [2.45, 2.75) is 108 Å². The number of nitrogens with one attached hydrogen (secondary N) is 1. The molecule has 1 unspecified atom stereocenters. The van der Waals surface area contributed by atoms with Crippen molar-refractivity contribution >= 4 is 22.0 Å². The van der Waals surface area contributed by atoms with Crippen LogP contribution in [0, 0.1) is 5.92 Å². The molecule has 10 heteroatoms. The Balaban J connectivity index is 2.28. The van der Waals surface area contributed by atoms with Crippen LogP contribution >= 0.6 is 0 Å². The lowest BCUT2D eigenvalue weighted by molar-refractivity contribution is -0.00115. The first-order chi connectivity index (χ1) is 22.6. The van der Waals surface area contributed by atoms with Crippen molar-refractivity contribution in [2.75, 3.05) is 6.61 Å². The number of rotatable bonds is 14. The van der Waals surface area contributed by atoms with Crippen molar-refractivity contribution in [1.82, 2.24) is 10.2 Å². The number of aliphatic hydroxyl groups is 1. The average molecular weight is 681 g/mol. The second-order valence-corrected chi connectivity index (χ2v) is 16.2. The highest BCUT2D eigenvalue weighted by Crippen LogP contribution is 2.33. The molecule has 2 N–H and O–H groups in total. The third-order valence-electron chi connectivity index (χ3n) is 7.76. The van der Waals surface area contributed by atoms with E-state index in [-0.39, 0.29) is 17.9 Å². The Morgan fingerprint density at radius 2 is 1.29 bits per heavy atom. The molecule has 2 amide bonds. The molecule has 4 atom stereocenters. The van der Waals surface area contributed by atoms with Crippen LogP contribution in [0.4, 0.5) is 9.59 Å². The van der Waals surface area contributed by atoms with E-state index in [1.807, 2.05) is 67.6 Å². The van der Waals surface area contributed by atoms with Gasteiger partial charge in [0.25, 0.3) is 0 Å². The van der Waals surface area contributed by atoms with E-state index in [2.05, 4.69) is 5.32 Å². The Labute approximate surface area is 286 Å². The van der Waals surface area contributed by atoms with Gasteiger partial charge in [0.05, 0.1) is 16.2 Å². The number of hydrogen-bond acceptors (Lipinski definition) is 7. The van der Waals surface area contributed by atoms with Gasteiger partial charge in [-0.1, -0.05) is 92.2 Å². The van der Waals surface area contributed by atoms with Gasteiger partial charge in [-0.3, -0.25) is 0 Å². The summed E-state index contributed by atoms with van der Waals surface area (Å²) in [5.74, 6) is -1.05. The Morgan fingerprint density at radius 3 is 1.77 bits per heavy atom. The van der Waals surface area contributed by atoms with E-state index < -0.39 is 63.1 Å². The minimum atomic E-state index is -4.26. The summed E-state index contributed by atoms with van der Waals surface area (Å²) in [5.41, 5.74) is -0.0825. The van der Waals surface area contributed by atoms with Crippen LogP contribution in [0.2, 0.25) is 0 Å². The molecule has 0 saturated carbocycles. The average Bonchev–Trinajstić information content (AvgIpc) is 3.01. The molecule has 3 aromatic carbocycles. The SMILES string of the molecule is CCC[C@@H](C(CO)[C@@H]([C@H](Cc1ccccc1)NC(=O)OC(C)(C)C)S(=O)(=O)c1ccccc1)N(Cc1ccccc1)C(=O)OC(C)(C)C. The largest absolute Gasteiger partial charge is 0.444 e. The maximum Gasteiger partial charge on any atom is 0.410 e. The molecule has 0 radical (unpaired) electrons. The lowest BCUT2D eigenvalue weighted by Crippen LogP contribution is -2.58. The predicted molar refractivity (Wildman–Crippen MR) is 188 cm³/mol. The fourth-order valence-electron chi connectivity index (χ4n) is 5.85. The van der Waals surface area contributed by atoms with Gasteiger partial charge in [0.1, 0.15) is 11.2 Å². The molecule has 9 nitrogen and oxygen atoms in total. The van der Waals surface area contributed by atoms with Gasteiger partial charge in [-0.05, 0) is 77.6 Å². The van der Waals surface area contributed by atoms with Gasteiger partial charge in [0.15, 0.2) is 9.84 Å². The fourth-order valence-corrected chi connectivity index (χ4v) is 8.02. The van der Waals surface area contributed by atoms with Crippen molar-refractivity contribution in [2.24, 2.45) is 5.92 Å². The van der Waals surface area contributed by atoms with Gasteiger partial charge in [-0.15, -0.1) is 0 Å². The summed E-state index contributed by atoms with van der Waals surface area (Å²) in [6.45, 7) is 12.0. The number of ether oxygens (including phenoxy) is 2. The Bertz CT molecular complexity index is 1540. The first-order valence-electron chi connectivity index (χ1n) is 16.5. The third kappa shape index (κ3) is 11.4. The van der Waals surface area contributed by atoms with E-state index in [0.717, 1.165) is 11.1 Å². The number of carbonyl (C=O) groups excluding carboxylic acids is 2. The lowest BCUT2D eigenvalue weighted by Gasteiger charge is -2.42. The predicted octanol–water partition coefficient (Wildman–Crippen LogP) is 7.18. The number of benzene rings is 3. The third-order valence-corrected chi connectivity index (χ3v) is 10.1. The van der Waals surface area contributed by atoms with E-state index in [4.69, 9.17) is 9.47 Å². The molecule has 0 aliphatic carbocycles. The van der Waals surface area contributed by atoms with E-state index in [1.54, 1.807) is 59.7 Å². The van der Waals surface area contributed by atoms with Gasteiger partial charge < -0.3 is 24.8 Å². The molecular formula is C38H52N2O7S. The van der Waals surface area contributed by atoms with Crippen LogP contribution < -0.4 is 5.32 Å². The number of sulfone groups is 1. The van der Waals surface area contributed by atoms with Crippen LogP contribution in [0.3, 0.4) is 0 Å². The van der Waals surface area contributed by atoms with E-state index in [9.17, 15) is 23.1 Å². The molecule has 262 valence electrons. The van der Waals surface area contributed by atoms with Crippen molar-refractivity contribution in [3.8, 4) is 0 Å². The molecule has 0 saturated heterocycles. The molecule has 0 heterocycles. The number of aliphatic hydroxyl groups excluding tert-OH is 1. The van der Waals surface area contributed by atoms with E-state index >= 15 is 0 Å². The summed E-state index contributed by atoms with van der Waals surface area (Å²) < 4.78 is 41.3. The van der Waals surface area contributed by atoms with Gasteiger partial charge in [0.2, 0.25) is 0 Å². The number of hydrogen-bond donors (Lipinski definition) is 2. The fraction of sp³-hybridized carbons (Fsp3) is 0.474. The molecule has 0 fully saturated rings. The highest BCUT2D eigenvalue weighted by atomic mass is 32.2. The smallest absolute Gasteiger partial charge is 0.410 e.